The molecule has 3 atom stereocenters. The molecule has 1 aliphatic carbocycles. The molecule has 200 valence electrons. The molecule has 3 N–H and O–H groups in total. The van der Waals surface area contributed by atoms with Crippen LogP contribution in [-0.4, -0.2) is 50.8 Å². The van der Waals surface area contributed by atoms with Crippen LogP contribution in [0.2, 0.25) is 0 Å². The van der Waals surface area contributed by atoms with E-state index in [4.69, 9.17) is 4.74 Å². The third-order valence-corrected chi connectivity index (χ3v) is 9.93. The summed E-state index contributed by atoms with van der Waals surface area (Å²) >= 11 is 1.11. The Labute approximate surface area is 221 Å². The van der Waals surface area contributed by atoms with Gasteiger partial charge in [0.25, 0.3) is 15.9 Å². The monoisotopic (exact) mass is 547 g/mol. The number of nitrogens with one attached hydrogen (secondary N) is 3. The summed E-state index contributed by atoms with van der Waals surface area (Å²) in [5.41, 5.74) is 0.530. The van der Waals surface area contributed by atoms with Crippen LogP contribution >= 0.6 is 11.3 Å². The van der Waals surface area contributed by atoms with Gasteiger partial charge < -0.3 is 15.4 Å². The lowest BCUT2D eigenvalue weighted by Crippen LogP contribution is -2.54. The Balaban J connectivity index is 1.46. The van der Waals surface area contributed by atoms with E-state index in [1.807, 2.05) is 6.92 Å². The zero-order chi connectivity index (χ0) is 26.6. The molecule has 0 spiro atoms. The van der Waals surface area contributed by atoms with E-state index < -0.39 is 33.9 Å². The zero-order valence-electron chi connectivity index (χ0n) is 21.0. The van der Waals surface area contributed by atoms with Gasteiger partial charge in [-0.25, -0.2) is 8.42 Å². The molecule has 1 aromatic carbocycles. The predicted octanol–water partition coefficient (Wildman–Crippen LogP) is 3.48. The smallest absolute Gasteiger partial charge is 0.271 e. The lowest BCUT2D eigenvalue weighted by Gasteiger charge is -2.30. The molecular formula is C26H33N3O6S2. The Morgan fingerprint density at radius 3 is 2.49 bits per heavy atom. The SMILES string of the molecule is CC[C@@H]1OCC(=O)[C@H]1NC(=O)[C@H](CC1(C)CCCC1)NC(=O)c1ccc(NS(=O)(=O)c2cccs2)cc1. The fourth-order valence-corrected chi connectivity index (χ4v) is 7.10. The van der Waals surface area contributed by atoms with Crippen molar-refractivity contribution in [3.8, 4) is 0 Å². The molecule has 37 heavy (non-hydrogen) atoms. The van der Waals surface area contributed by atoms with Gasteiger partial charge in [-0.15, -0.1) is 11.3 Å². The van der Waals surface area contributed by atoms with Crippen LogP contribution in [0.3, 0.4) is 0 Å². The van der Waals surface area contributed by atoms with Crippen LogP contribution < -0.4 is 15.4 Å². The predicted molar refractivity (Wildman–Crippen MR) is 141 cm³/mol. The van der Waals surface area contributed by atoms with Crippen molar-refractivity contribution >= 4 is 44.6 Å². The lowest BCUT2D eigenvalue weighted by molar-refractivity contribution is -0.128. The molecule has 0 bridgehead atoms. The largest absolute Gasteiger partial charge is 0.368 e. The fourth-order valence-electron chi connectivity index (χ4n) is 5.05. The van der Waals surface area contributed by atoms with Crippen molar-refractivity contribution in [2.24, 2.45) is 5.41 Å². The Morgan fingerprint density at radius 2 is 1.86 bits per heavy atom. The van der Waals surface area contributed by atoms with Gasteiger partial charge in [0.05, 0.1) is 6.10 Å². The highest BCUT2D eigenvalue weighted by Crippen LogP contribution is 2.41. The molecule has 1 aromatic heterocycles. The number of benzene rings is 1. The number of anilines is 1. The van der Waals surface area contributed by atoms with Crippen molar-refractivity contribution < 1.29 is 27.5 Å². The van der Waals surface area contributed by atoms with E-state index in [1.165, 1.54) is 30.3 Å². The zero-order valence-corrected chi connectivity index (χ0v) is 22.6. The van der Waals surface area contributed by atoms with E-state index >= 15 is 0 Å². The van der Waals surface area contributed by atoms with Crippen molar-refractivity contribution in [3.05, 3.63) is 47.3 Å². The number of hydrogen-bond acceptors (Lipinski definition) is 7. The minimum Gasteiger partial charge on any atom is -0.368 e. The number of ketones is 1. The number of carbonyl (C=O) groups is 3. The number of hydrogen-bond donors (Lipinski definition) is 3. The molecule has 1 aliphatic heterocycles. The Morgan fingerprint density at radius 1 is 1.16 bits per heavy atom. The Kier molecular flexibility index (Phi) is 8.35. The maximum absolute atomic E-state index is 13.3. The van der Waals surface area contributed by atoms with Gasteiger partial charge in [-0.1, -0.05) is 32.8 Å². The second-order valence-corrected chi connectivity index (χ2v) is 12.9. The molecule has 2 aliphatic rings. The van der Waals surface area contributed by atoms with Gasteiger partial charge in [0, 0.05) is 11.3 Å². The summed E-state index contributed by atoms with van der Waals surface area (Å²) in [5.74, 6) is -1.02. The van der Waals surface area contributed by atoms with Crippen molar-refractivity contribution in [2.45, 2.75) is 74.8 Å². The molecule has 1 saturated carbocycles. The minimum atomic E-state index is -3.70. The second-order valence-electron chi connectivity index (χ2n) is 10.1. The van der Waals surface area contributed by atoms with Gasteiger partial charge in [-0.05, 0) is 66.8 Å². The average Bonchev–Trinajstić information content (AvgIpc) is 3.62. The van der Waals surface area contributed by atoms with Crippen molar-refractivity contribution in [1.82, 2.24) is 10.6 Å². The first kappa shape index (κ1) is 27.3. The van der Waals surface area contributed by atoms with Gasteiger partial charge in [0.2, 0.25) is 5.91 Å². The molecule has 4 rings (SSSR count). The maximum atomic E-state index is 13.3. The summed E-state index contributed by atoms with van der Waals surface area (Å²) in [7, 11) is -3.70. The van der Waals surface area contributed by atoms with Gasteiger partial charge in [-0.2, -0.15) is 0 Å². The molecule has 0 unspecified atom stereocenters. The van der Waals surface area contributed by atoms with Gasteiger partial charge in [0.1, 0.15) is 22.9 Å². The van der Waals surface area contributed by atoms with Crippen LogP contribution in [0.1, 0.15) is 62.7 Å². The van der Waals surface area contributed by atoms with Crippen LogP contribution in [0.15, 0.2) is 46.0 Å². The van der Waals surface area contributed by atoms with Gasteiger partial charge in [0.15, 0.2) is 5.78 Å². The molecule has 1 saturated heterocycles. The van der Waals surface area contributed by atoms with Crippen LogP contribution in [0, 0.1) is 5.41 Å². The van der Waals surface area contributed by atoms with Gasteiger partial charge in [-0.3, -0.25) is 19.1 Å². The summed E-state index contributed by atoms with van der Waals surface area (Å²) in [4.78, 5) is 38.7. The normalized spacial score (nSPS) is 21.9. The Bertz CT molecular complexity index is 1220. The summed E-state index contributed by atoms with van der Waals surface area (Å²) < 4.78 is 33.1. The van der Waals surface area contributed by atoms with Crippen molar-refractivity contribution in [1.29, 1.82) is 0 Å². The minimum absolute atomic E-state index is 0.0270. The van der Waals surface area contributed by atoms with E-state index in [2.05, 4.69) is 22.3 Å². The van der Waals surface area contributed by atoms with Crippen LogP contribution in [-0.2, 0) is 24.3 Å². The molecular weight excluding hydrogens is 514 g/mol. The first-order valence-electron chi connectivity index (χ1n) is 12.5. The van der Waals surface area contributed by atoms with Crippen LogP contribution in [0.25, 0.3) is 0 Å². The quantitative estimate of drug-likeness (QED) is 0.418. The molecule has 9 nitrogen and oxygen atoms in total. The standard InChI is InChI=1S/C26H33N3O6S2/c1-3-21-23(20(30)16-35-21)28-25(32)19(15-26(2)12-4-5-13-26)27-24(31)17-8-10-18(11-9-17)29-37(33,34)22-7-6-14-36-22/h6-11,14,19,21,23,29H,3-5,12-13,15-16H2,1-2H3,(H,27,31)(H,28,32)/t19-,21-,23+/m0/s1. The summed E-state index contributed by atoms with van der Waals surface area (Å²) in [5, 5.41) is 7.36. The third-order valence-electron chi connectivity index (χ3n) is 7.15. The van der Waals surface area contributed by atoms with E-state index in [0.29, 0.717) is 24.1 Å². The second kappa shape index (κ2) is 11.3. The molecule has 11 heteroatoms. The first-order valence-corrected chi connectivity index (χ1v) is 14.9. The molecule has 0 radical (unpaired) electrons. The number of Topliss-reactive ketones (excluding diaryl/α,β-unsaturated/α-hetero) is 1. The summed E-state index contributed by atoms with van der Waals surface area (Å²) in [6, 6.07) is 7.66. The number of thiophene rings is 1. The molecule has 2 amide bonds. The highest BCUT2D eigenvalue weighted by atomic mass is 32.2. The van der Waals surface area contributed by atoms with Gasteiger partial charge >= 0.3 is 0 Å². The number of ether oxygens (including phenoxy) is 1. The van der Waals surface area contributed by atoms with Crippen LogP contribution in [0.4, 0.5) is 5.69 Å². The Hall–Kier alpha value is -2.76. The van der Waals surface area contributed by atoms with Crippen molar-refractivity contribution in [3.63, 3.8) is 0 Å². The average molecular weight is 548 g/mol. The lowest BCUT2D eigenvalue weighted by atomic mass is 9.81. The van der Waals surface area contributed by atoms with E-state index in [0.717, 1.165) is 37.0 Å². The number of amides is 2. The third kappa shape index (κ3) is 6.58. The highest BCUT2D eigenvalue weighted by Gasteiger charge is 2.40. The van der Waals surface area contributed by atoms with Crippen LogP contribution in [0.5, 0.6) is 0 Å². The van der Waals surface area contributed by atoms with E-state index in [9.17, 15) is 22.8 Å². The molecule has 2 fully saturated rings. The summed E-state index contributed by atoms with van der Waals surface area (Å²) in [6.45, 7) is 3.99. The van der Waals surface area contributed by atoms with E-state index in [1.54, 1.807) is 11.4 Å². The molecule has 2 heterocycles. The number of sulfonamides is 1. The topological polar surface area (TPSA) is 131 Å². The molecule has 2 aromatic rings. The van der Waals surface area contributed by atoms with E-state index in [-0.39, 0.29) is 28.1 Å². The van der Waals surface area contributed by atoms with Crippen molar-refractivity contribution in [2.75, 3.05) is 11.3 Å². The number of carbonyl (C=O) groups excluding carboxylic acids is 3. The summed E-state index contributed by atoms with van der Waals surface area (Å²) in [6.07, 6.45) is 4.77. The fraction of sp³-hybridized carbons (Fsp3) is 0.500. The first-order chi connectivity index (χ1) is 17.6. The maximum Gasteiger partial charge on any atom is 0.271 e. The highest BCUT2D eigenvalue weighted by molar-refractivity contribution is 7.94. The number of rotatable bonds is 10.